The van der Waals surface area contributed by atoms with Crippen LogP contribution in [0.2, 0.25) is 0 Å². The van der Waals surface area contributed by atoms with Crippen LogP contribution in [0.25, 0.3) is 5.76 Å². The first-order valence-corrected chi connectivity index (χ1v) is 12.9. The number of nitrogens with two attached hydrogens (primary N) is 1. The average Bonchev–Trinajstić information content (AvgIpc) is 2.85. The molecular weight excluding hydrogens is 534 g/mol. The van der Waals surface area contributed by atoms with E-state index in [9.17, 15) is 39.6 Å². The fourth-order valence-corrected chi connectivity index (χ4v) is 6.21. The van der Waals surface area contributed by atoms with Gasteiger partial charge in [0.1, 0.15) is 22.8 Å². The maximum absolute atomic E-state index is 14.0. The Kier molecular flexibility index (Phi) is 7.39. The summed E-state index contributed by atoms with van der Waals surface area (Å²) in [6.45, 7) is 5.21. The third kappa shape index (κ3) is 4.50. The van der Waals surface area contributed by atoms with Crippen molar-refractivity contribution < 1.29 is 39.6 Å². The zero-order valence-corrected chi connectivity index (χ0v) is 23.5. The van der Waals surface area contributed by atoms with Gasteiger partial charge in [-0.3, -0.25) is 24.1 Å². The summed E-state index contributed by atoms with van der Waals surface area (Å²) in [5.41, 5.74) is 2.92. The summed E-state index contributed by atoms with van der Waals surface area (Å²) >= 11 is 0. The molecule has 3 aliphatic rings. The SMILES string of the molecule is C=C(C)NCC(=O)Nc1cc(N(C)C)c2c(c1O)C(O)=C1C(=O)[C@]3(O)C(O)=C(C(N)=O)C(=O)[C@@H](N(C)C)[C@@H]3C[C@@H]1C2. The highest BCUT2D eigenvalue weighted by Gasteiger charge is 2.64. The number of hydrogen-bond acceptors (Lipinski definition) is 11. The van der Waals surface area contributed by atoms with E-state index in [1.54, 1.807) is 32.0 Å². The molecule has 0 radical (unpaired) electrons. The molecule has 0 heterocycles. The van der Waals surface area contributed by atoms with Gasteiger partial charge in [-0.1, -0.05) is 6.58 Å². The quantitative estimate of drug-likeness (QED) is 0.173. The number of anilines is 2. The topological polar surface area (TPSA) is 206 Å². The molecule has 13 nitrogen and oxygen atoms in total. The number of primary amides is 1. The Morgan fingerprint density at radius 2 is 1.80 bits per heavy atom. The molecule has 13 heteroatoms. The Balaban J connectivity index is 1.92. The van der Waals surface area contributed by atoms with Crippen LogP contribution in [0.3, 0.4) is 0 Å². The lowest BCUT2D eigenvalue weighted by Crippen LogP contribution is -2.65. The van der Waals surface area contributed by atoms with E-state index >= 15 is 0 Å². The fraction of sp³-hybridized carbons (Fsp3) is 0.429. The number of aromatic hydroxyl groups is 1. The number of benzene rings is 1. The third-order valence-electron chi connectivity index (χ3n) is 8.00. The van der Waals surface area contributed by atoms with E-state index in [1.165, 1.54) is 19.0 Å². The Morgan fingerprint density at radius 3 is 2.34 bits per heavy atom. The van der Waals surface area contributed by atoms with Crippen LogP contribution in [0.4, 0.5) is 11.4 Å². The van der Waals surface area contributed by atoms with Gasteiger partial charge in [-0.25, -0.2) is 0 Å². The van der Waals surface area contributed by atoms with Crippen molar-refractivity contribution in [2.45, 2.75) is 31.4 Å². The molecule has 41 heavy (non-hydrogen) atoms. The van der Waals surface area contributed by atoms with Gasteiger partial charge in [0.15, 0.2) is 11.4 Å². The lowest BCUT2D eigenvalue weighted by molar-refractivity contribution is -0.153. The number of fused-ring (bicyclic) bond motifs is 3. The smallest absolute Gasteiger partial charge is 0.255 e. The molecule has 1 aromatic rings. The van der Waals surface area contributed by atoms with Gasteiger partial charge in [0.25, 0.3) is 5.91 Å². The Labute approximate surface area is 236 Å². The van der Waals surface area contributed by atoms with Crippen LogP contribution >= 0.6 is 0 Å². The van der Waals surface area contributed by atoms with Gasteiger partial charge in [0.05, 0.1) is 23.8 Å². The normalized spacial score (nSPS) is 25.4. The summed E-state index contributed by atoms with van der Waals surface area (Å²) in [5.74, 6) is -7.91. The van der Waals surface area contributed by atoms with Crippen molar-refractivity contribution in [3.63, 3.8) is 0 Å². The highest BCUT2D eigenvalue weighted by molar-refractivity contribution is 6.24. The van der Waals surface area contributed by atoms with E-state index in [4.69, 9.17) is 5.73 Å². The van der Waals surface area contributed by atoms with E-state index in [-0.39, 0.29) is 36.2 Å². The number of phenols is 1. The zero-order chi connectivity index (χ0) is 30.7. The lowest BCUT2D eigenvalue weighted by atomic mass is 9.57. The number of allylic oxidation sites excluding steroid dienone is 1. The van der Waals surface area contributed by atoms with Crippen molar-refractivity contribution in [1.29, 1.82) is 0 Å². The highest BCUT2D eigenvalue weighted by Crippen LogP contribution is 2.54. The van der Waals surface area contributed by atoms with Crippen molar-refractivity contribution in [1.82, 2.24) is 10.2 Å². The Hall–Kier alpha value is -4.36. The monoisotopic (exact) mass is 569 g/mol. The minimum Gasteiger partial charge on any atom is -0.508 e. The van der Waals surface area contributed by atoms with Gasteiger partial charge >= 0.3 is 0 Å². The van der Waals surface area contributed by atoms with E-state index in [0.717, 1.165) is 0 Å². The van der Waals surface area contributed by atoms with Crippen LogP contribution < -0.4 is 21.3 Å². The van der Waals surface area contributed by atoms with Crippen molar-refractivity contribution in [3.05, 3.63) is 46.4 Å². The second-order valence-electron chi connectivity index (χ2n) is 11.2. The van der Waals surface area contributed by atoms with Crippen LogP contribution in [-0.2, 0) is 25.6 Å². The molecular formula is C28H35N5O8. The molecule has 1 saturated carbocycles. The summed E-state index contributed by atoms with van der Waals surface area (Å²) < 4.78 is 0. The minimum absolute atomic E-state index is 0.0234. The largest absolute Gasteiger partial charge is 0.508 e. The number of likely N-dealkylation sites (N-methyl/N-ethyl adjacent to an activating group) is 1. The zero-order valence-electron chi connectivity index (χ0n) is 23.5. The number of amides is 2. The fourth-order valence-electron chi connectivity index (χ4n) is 6.21. The number of nitrogens with one attached hydrogen (secondary N) is 2. The van der Waals surface area contributed by atoms with Crippen LogP contribution in [0.15, 0.2) is 35.2 Å². The second-order valence-corrected chi connectivity index (χ2v) is 11.2. The van der Waals surface area contributed by atoms with E-state index in [0.29, 0.717) is 16.9 Å². The first-order valence-electron chi connectivity index (χ1n) is 12.9. The van der Waals surface area contributed by atoms with Gasteiger partial charge in [-0.15, -0.1) is 0 Å². The molecule has 0 spiro atoms. The van der Waals surface area contributed by atoms with Gasteiger partial charge in [0.2, 0.25) is 11.7 Å². The molecule has 0 aliphatic heterocycles. The number of Topliss-reactive ketones (excluding diaryl/α,β-unsaturated/α-hetero) is 2. The highest BCUT2D eigenvalue weighted by atomic mass is 16.3. The summed E-state index contributed by atoms with van der Waals surface area (Å²) in [6.07, 6.45) is 0.103. The molecule has 0 bridgehead atoms. The molecule has 3 aliphatic carbocycles. The van der Waals surface area contributed by atoms with Crippen LogP contribution in [-0.4, -0.2) is 95.1 Å². The van der Waals surface area contributed by atoms with Crippen molar-refractivity contribution in [2.75, 3.05) is 45.0 Å². The van der Waals surface area contributed by atoms with Crippen LogP contribution in [0.5, 0.6) is 5.75 Å². The Bertz CT molecular complexity index is 1460. The van der Waals surface area contributed by atoms with Gasteiger partial charge in [-0.2, -0.15) is 0 Å². The second kappa shape index (κ2) is 10.2. The number of ketones is 2. The predicted octanol–water partition coefficient (Wildman–Crippen LogP) is 0.0917. The molecule has 0 aromatic heterocycles. The lowest BCUT2D eigenvalue weighted by Gasteiger charge is -2.50. The van der Waals surface area contributed by atoms with E-state index in [1.807, 2.05) is 0 Å². The standard InChI is InChI=1S/C28H35N5O8/c1-11(2)30-10-17(34)31-15-9-16(32(3)4)13-7-12-8-14-21(33(5)6)24(37)20(27(29)40)26(39)28(14,41)25(38)18(12)23(36)19(13)22(15)35/h9,12,14,21,30,35-36,39,41H,1,7-8,10H2,2-6H3,(H2,29,40)(H,31,34)/t12-,14-,21-,28-/m0/s1. The average molecular weight is 570 g/mol. The number of aliphatic hydroxyl groups is 3. The summed E-state index contributed by atoms with van der Waals surface area (Å²) in [7, 11) is 6.55. The number of hydrogen-bond donors (Lipinski definition) is 7. The van der Waals surface area contributed by atoms with Gasteiger partial charge in [-0.05, 0) is 51.4 Å². The van der Waals surface area contributed by atoms with Crippen LogP contribution in [0.1, 0.15) is 24.5 Å². The number of rotatable bonds is 7. The minimum atomic E-state index is -2.73. The first kappa shape index (κ1) is 29.6. The molecule has 1 fully saturated rings. The maximum atomic E-state index is 14.0. The van der Waals surface area contributed by atoms with Crippen molar-refractivity contribution in [2.24, 2.45) is 17.6 Å². The summed E-state index contributed by atoms with van der Waals surface area (Å²) in [6, 6.07) is 0.381. The Morgan fingerprint density at radius 1 is 1.17 bits per heavy atom. The molecule has 4 atom stereocenters. The molecule has 0 saturated heterocycles. The van der Waals surface area contributed by atoms with E-state index < -0.39 is 69.7 Å². The van der Waals surface area contributed by atoms with Gasteiger partial charge < -0.3 is 41.7 Å². The number of carbonyl (C=O) groups is 4. The van der Waals surface area contributed by atoms with Crippen LogP contribution in [0, 0.1) is 11.8 Å². The maximum Gasteiger partial charge on any atom is 0.255 e. The summed E-state index contributed by atoms with van der Waals surface area (Å²) in [5, 5.41) is 50.8. The molecule has 4 rings (SSSR count). The number of aliphatic hydroxyl groups excluding tert-OH is 2. The molecule has 2 amide bonds. The molecule has 1 aromatic carbocycles. The first-order chi connectivity index (χ1) is 19.0. The molecule has 8 N–H and O–H groups in total. The molecule has 220 valence electrons. The van der Waals surface area contributed by atoms with Gasteiger partial charge in [0, 0.05) is 37.0 Å². The number of phenolic OH excluding ortho intramolecular Hbond substituents is 1. The number of carbonyl (C=O) groups excluding carboxylic acids is 4. The van der Waals surface area contributed by atoms with Crippen molar-refractivity contribution >= 4 is 40.5 Å². The van der Waals surface area contributed by atoms with E-state index in [2.05, 4.69) is 17.2 Å². The predicted molar refractivity (Wildman–Crippen MR) is 150 cm³/mol. The molecule has 0 unspecified atom stereocenters. The summed E-state index contributed by atoms with van der Waals surface area (Å²) in [4.78, 5) is 55.0. The third-order valence-corrected chi connectivity index (χ3v) is 8.00. The van der Waals surface area contributed by atoms with Crippen molar-refractivity contribution in [3.8, 4) is 5.75 Å². The number of nitrogens with zero attached hydrogens (tertiary/aromatic N) is 2.